The summed E-state index contributed by atoms with van der Waals surface area (Å²) in [6, 6.07) is 0. The molecular formula is C9H13N. The van der Waals surface area contributed by atoms with E-state index >= 15 is 0 Å². The van der Waals surface area contributed by atoms with Crippen molar-refractivity contribution in [3.05, 3.63) is 12.3 Å². The van der Waals surface area contributed by atoms with E-state index in [0.717, 1.165) is 5.92 Å². The molecule has 1 unspecified atom stereocenters. The van der Waals surface area contributed by atoms with E-state index in [-0.39, 0.29) is 0 Å². The van der Waals surface area contributed by atoms with Crippen LogP contribution in [-0.2, 0) is 0 Å². The minimum atomic E-state index is 0.818. The Balaban J connectivity index is 2.14. The SMILES string of the molecule is C1=CN=C2CCCCC2C1. The van der Waals surface area contributed by atoms with Crippen LogP contribution in [0.15, 0.2) is 17.3 Å². The van der Waals surface area contributed by atoms with Gasteiger partial charge in [0.05, 0.1) is 0 Å². The summed E-state index contributed by atoms with van der Waals surface area (Å²) in [7, 11) is 0. The first-order chi connectivity index (χ1) is 4.97. The average Bonchev–Trinajstić information content (AvgIpc) is 2.05. The smallest absolute Gasteiger partial charge is 0.0227 e. The lowest BCUT2D eigenvalue weighted by atomic mass is 9.84. The number of fused-ring (bicyclic) bond motifs is 1. The monoisotopic (exact) mass is 135 g/mol. The van der Waals surface area contributed by atoms with E-state index in [4.69, 9.17) is 0 Å². The van der Waals surface area contributed by atoms with Crippen molar-refractivity contribution >= 4 is 5.71 Å². The van der Waals surface area contributed by atoms with Gasteiger partial charge in [0.15, 0.2) is 0 Å². The lowest BCUT2D eigenvalue weighted by Crippen LogP contribution is -2.19. The third kappa shape index (κ3) is 1.00. The highest BCUT2D eigenvalue weighted by atomic mass is 14.7. The fraction of sp³-hybridized carbons (Fsp3) is 0.667. The predicted molar refractivity (Wildman–Crippen MR) is 43.2 cm³/mol. The molecule has 1 atom stereocenters. The van der Waals surface area contributed by atoms with Crippen LogP contribution >= 0.6 is 0 Å². The third-order valence-corrected chi connectivity index (χ3v) is 2.47. The molecule has 2 rings (SSSR count). The van der Waals surface area contributed by atoms with Crippen molar-refractivity contribution < 1.29 is 0 Å². The van der Waals surface area contributed by atoms with E-state index in [1.54, 1.807) is 0 Å². The molecule has 1 fully saturated rings. The largest absolute Gasteiger partial charge is 0.266 e. The van der Waals surface area contributed by atoms with E-state index in [1.165, 1.54) is 37.8 Å². The lowest BCUT2D eigenvalue weighted by Gasteiger charge is -2.24. The van der Waals surface area contributed by atoms with Gasteiger partial charge in [-0.15, -0.1) is 0 Å². The summed E-state index contributed by atoms with van der Waals surface area (Å²) in [4.78, 5) is 4.39. The van der Waals surface area contributed by atoms with Gasteiger partial charge in [0.1, 0.15) is 0 Å². The number of allylic oxidation sites excluding steroid dienone is 1. The van der Waals surface area contributed by atoms with Gasteiger partial charge in [-0.1, -0.05) is 12.5 Å². The molecule has 1 heterocycles. The molecule has 0 N–H and O–H groups in total. The highest BCUT2D eigenvalue weighted by Gasteiger charge is 2.19. The first-order valence-corrected chi connectivity index (χ1v) is 4.18. The second-order valence-electron chi connectivity index (χ2n) is 3.18. The van der Waals surface area contributed by atoms with Crippen molar-refractivity contribution in [2.24, 2.45) is 10.9 Å². The summed E-state index contributed by atoms with van der Waals surface area (Å²) in [6.45, 7) is 0. The maximum Gasteiger partial charge on any atom is 0.0227 e. The van der Waals surface area contributed by atoms with Crippen LogP contribution in [0.1, 0.15) is 32.1 Å². The summed E-state index contributed by atoms with van der Waals surface area (Å²) in [6.07, 6.45) is 10.8. The molecular weight excluding hydrogens is 122 g/mol. The molecule has 0 aromatic carbocycles. The van der Waals surface area contributed by atoms with Crippen molar-refractivity contribution in [1.29, 1.82) is 0 Å². The minimum Gasteiger partial charge on any atom is -0.266 e. The average molecular weight is 135 g/mol. The third-order valence-electron chi connectivity index (χ3n) is 2.47. The summed E-state index contributed by atoms with van der Waals surface area (Å²) in [5.41, 5.74) is 1.47. The van der Waals surface area contributed by atoms with Gasteiger partial charge in [-0.2, -0.15) is 0 Å². The minimum absolute atomic E-state index is 0.818. The van der Waals surface area contributed by atoms with Gasteiger partial charge in [-0.3, -0.25) is 4.99 Å². The van der Waals surface area contributed by atoms with Crippen LogP contribution in [0.5, 0.6) is 0 Å². The van der Waals surface area contributed by atoms with E-state index in [0.29, 0.717) is 0 Å². The molecule has 0 bridgehead atoms. The molecule has 0 saturated heterocycles. The zero-order valence-corrected chi connectivity index (χ0v) is 6.21. The topological polar surface area (TPSA) is 12.4 Å². The van der Waals surface area contributed by atoms with Crippen molar-refractivity contribution in [3.8, 4) is 0 Å². The number of hydrogen-bond donors (Lipinski definition) is 0. The van der Waals surface area contributed by atoms with Gasteiger partial charge in [-0.05, 0) is 25.7 Å². The van der Waals surface area contributed by atoms with Crippen molar-refractivity contribution in [2.75, 3.05) is 0 Å². The summed E-state index contributed by atoms with van der Waals surface area (Å²) >= 11 is 0. The van der Waals surface area contributed by atoms with Gasteiger partial charge in [0, 0.05) is 17.8 Å². The Hall–Kier alpha value is -0.590. The first-order valence-electron chi connectivity index (χ1n) is 4.18. The normalized spacial score (nSPS) is 31.2. The maximum atomic E-state index is 4.39. The molecule has 1 heteroatoms. The van der Waals surface area contributed by atoms with Gasteiger partial charge in [-0.25, -0.2) is 0 Å². The van der Waals surface area contributed by atoms with Gasteiger partial charge in [0.25, 0.3) is 0 Å². The lowest BCUT2D eigenvalue weighted by molar-refractivity contribution is 0.526. The Morgan fingerprint density at radius 3 is 3.30 bits per heavy atom. The molecule has 0 spiro atoms. The quantitative estimate of drug-likeness (QED) is 0.484. The van der Waals surface area contributed by atoms with Crippen LogP contribution in [0, 0.1) is 5.92 Å². The number of rotatable bonds is 0. The Bertz CT molecular complexity index is 179. The molecule has 1 nitrogen and oxygen atoms in total. The molecule has 0 amide bonds. The van der Waals surface area contributed by atoms with E-state index in [9.17, 15) is 0 Å². The van der Waals surface area contributed by atoms with Crippen molar-refractivity contribution in [3.63, 3.8) is 0 Å². The Morgan fingerprint density at radius 2 is 2.40 bits per heavy atom. The van der Waals surface area contributed by atoms with E-state index in [1.807, 2.05) is 6.20 Å². The zero-order valence-electron chi connectivity index (χ0n) is 6.21. The van der Waals surface area contributed by atoms with Crippen molar-refractivity contribution in [1.82, 2.24) is 0 Å². The van der Waals surface area contributed by atoms with E-state index < -0.39 is 0 Å². The molecule has 1 aliphatic heterocycles. The van der Waals surface area contributed by atoms with Crippen LogP contribution in [0.3, 0.4) is 0 Å². The molecule has 54 valence electrons. The van der Waals surface area contributed by atoms with Crippen LogP contribution in [-0.4, -0.2) is 5.71 Å². The molecule has 10 heavy (non-hydrogen) atoms. The molecule has 0 aromatic heterocycles. The first kappa shape index (κ1) is 6.14. The summed E-state index contributed by atoms with van der Waals surface area (Å²) in [5.74, 6) is 0.818. The van der Waals surface area contributed by atoms with Crippen LogP contribution in [0.4, 0.5) is 0 Å². The number of aliphatic imine (C=N–C) groups is 1. The summed E-state index contributed by atoms with van der Waals surface area (Å²) < 4.78 is 0. The van der Waals surface area contributed by atoms with Gasteiger partial charge >= 0.3 is 0 Å². The number of nitrogens with zero attached hydrogens (tertiary/aromatic N) is 1. The molecule has 0 aromatic rings. The highest BCUT2D eigenvalue weighted by Crippen LogP contribution is 2.26. The molecule has 0 radical (unpaired) electrons. The fourth-order valence-corrected chi connectivity index (χ4v) is 1.87. The fourth-order valence-electron chi connectivity index (χ4n) is 1.87. The highest BCUT2D eigenvalue weighted by molar-refractivity contribution is 5.88. The summed E-state index contributed by atoms with van der Waals surface area (Å²) in [5, 5.41) is 0. The van der Waals surface area contributed by atoms with Crippen molar-refractivity contribution in [2.45, 2.75) is 32.1 Å². The van der Waals surface area contributed by atoms with E-state index in [2.05, 4.69) is 11.1 Å². The molecule has 2 aliphatic rings. The molecule has 1 aliphatic carbocycles. The van der Waals surface area contributed by atoms with Gasteiger partial charge < -0.3 is 0 Å². The maximum absolute atomic E-state index is 4.39. The second kappa shape index (κ2) is 2.57. The van der Waals surface area contributed by atoms with Crippen LogP contribution in [0.2, 0.25) is 0 Å². The van der Waals surface area contributed by atoms with Gasteiger partial charge in [0.2, 0.25) is 0 Å². The zero-order chi connectivity index (χ0) is 6.81. The Labute approximate surface area is 61.9 Å². The van der Waals surface area contributed by atoms with Crippen LogP contribution in [0.25, 0.3) is 0 Å². The Kier molecular flexibility index (Phi) is 1.58. The predicted octanol–water partition coefficient (Wildman–Crippen LogP) is 2.54. The number of hydrogen-bond acceptors (Lipinski definition) is 1. The second-order valence-corrected chi connectivity index (χ2v) is 3.18. The molecule has 1 saturated carbocycles. The standard InChI is InChI=1S/C9H13N/c1-2-6-9-8(4-1)5-3-7-10-9/h3,7-8H,1-2,4-6H2. The van der Waals surface area contributed by atoms with Crippen LogP contribution < -0.4 is 0 Å². The Morgan fingerprint density at radius 1 is 1.40 bits per heavy atom.